The molecule has 0 radical (unpaired) electrons. The largest absolute Gasteiger partial charge is 0.508 e. The van der Waals surface area contributed by atoms with Gasteiger partial charge in [-0.2, -0.15) is 24.4 Å². The third-order valence-corrected chi connectivity index (χ3v) is 6.37. The molecule has 13 heteroatoms. The number of carboxylic acids is 1. The van der Waals surface area contributed by atoms with Crippen LogP contribution in [0.1, 0.15) is 31.2 Å². The molecule has 4 unspecified atom stereocenters. The molecule has 0 aliphatic carbocycles. The highest BCUT2D eigenvalue weighted by Gasteiger charge is 2.30. The van der Waals surface area contributed by atoms with E-state index in [2.05, 4.69) is 28.6 Å². The predicted molar refractivity (Wildman–Crippen MR) is 143 cm³/mol. The predicted octanol–water partition coefficient (Wildman–Crippen LogP) is -0.387. The minimum Gasteiger partial charge on any atom is -0.508 e. The third-order valence-electron chi connectivity index (χ3n) is 5.36. The summed E-state index contributed by atoms with van der Waals surface area (Å²) in [7, 11) is 0. The second-order valence-corrected chi connectivity index (χ2v) is 9.60. The molecule has 0 fully saturated rings. The standard InChI is InChI=1S/C23H37N5O6S2/c1-36-11-9-16(25)20(30)27-18(12-14-5-7-15(29)8-6-14)22(32)26-17(4-2-3-10-24)21(31)28-19(13-35)23(33)34/h5-8,16-19,29,35H,2-4,9-13,24-25H2,1H3,(H,26,32)(H,27,30)(H,28,31)(H,33,34). The Labute approximate surface area is 220 Å². The Bertz CT molecular complexity index is 858. The Kier molecular flexibility index (Phi) is 14.9. The lowest BCUT2D eigenvalue weighted by molar-refractivity contribution is -0.141. The number of rotatable bonds is 17. The van der Waals surface area contributed by atoms with Crippen LogP contribution in [0.25, 0.3) is 0 Å². The van der Waals surface area contributed by atoms with E-state index in [1.54, 1.807) is 23.9 Å². The summed E-state index contributed by atoms with van der Waals surface area (Å²) in [5.74, 6) is -2.46. The van der Waals surface area contributed by atoms with Gasteiger partial charge in [0.15, 0.2) is 0 Å². The number of hydrogen-bond donors (Lipinski definition) is 8. The van der Waals surface area contributed by atoms with Crippen molar-refractivity contribution in [3.05, 3.63) is 29.8 Å². The Morgan fingerprint density at radius 3 is 2.08 bits per heavy atom. The molecule has 0 aliphatic heterocycles. The van der Waals surface area contributed by atoms with Crippen molar-refractivity contribution in [2.24, 2.45) is 11.5 Å². The summed E-state index contributed by atoms with van der Waals surface area (Å²) in [4.78, 5) is 50.1. The van der Waals surface area contributed by atoms with Crippen LogP contribution in [0.3, 0.4) is 0 Å². The summed E-state index contributed by atoms with van der Waals surface area (Å²) in [6, 6.07) is 2.00. The number of amides is 3. The van der Waals surface area contributed by atoms with E-state index in [0.29, 0.717) is 37.1 Å². The number of unbranched alkanes of at least 4 members (excludes halogenated alkanes) is 1. The molecule has 36 heavy (non-hydrogen) atoms. The van der Waals surface area contributed by atoms with E-state index in [-0.39, 0.29) is 24.3 Å². The fraction of sp³-hybridized carbons (Fsp3) is 0.565. The normalized spacial score (nSPS) is 14.2. The van der Waals surface area contributed by atoms with Gasteiger partial charge >= 0.3 is 5.97 Å². The second kappa shape index (κ2) is 17.1. The number of carbonyl (C=O) groups excluding carboxylic acids is 3. The summed E-state index contributed by atoms with van der Waals surface area (Å²) in [6.07, 6.45) is 3.74. The molecule has 202 valence electrons. The molecule has 11 nitrogen and oxygen atoms in total. The monoisotopic (exact) mass is 543 g/mol. The van der Waals surface area contributed by atoms with Crippen LogP contribution in [0.5, 0.6) is 5.75 Å². The van der Waals surface area contributed by atoms with E-state index >= 15 is 0 Å². The van der Waals surface area contributed by atoms with E-state index in [1.165, 1.54) is 12.1 Å². The van der Waals surface area contributed by atoms with Gasteiger partial charge < -0.3 is 37.6 Å². The topological polar surface area (TPSA) is 197 Å². The molecule has 9 N–H and O–H groups in total. The maximum Gasteiger partial charge on any atom is 0.327 e. The van der Waals surface area contributed by atoms with Gasteiger partial charge in [-0.05, 0) is 61.9 Å². The lowest BCUT2D eigenvalue weighted by Gasteiger charge is -2.25. The van der Waals surface area contributed by atoms with Crippen molar-refractivity contribution in [2.45, 2.75) is 56.3 Å². The highest BCUT2D eigenvalue weighted by Crippen LogP contribution is 2.12. The number of thiol groups is 1. The molecular formula is C23H37N5O6S2. The van der Waals surface area contributed by atoms with Gasteiger partial charge in [-0.25, -0.2) is 4.79 Å². The maximum atomic E-state index is 13.3. The molecule has 0 aromatic heterocycles. The van der Waals surface area contributed by atoms with Crippen LogP contribution in [0.4, 0.5) is 0 Å². The smallest absolute Gasteiger partial charge is 0.327 e. The number of phenols is 1. The van der Waals surface area contributed by atoms with Crippen LogP contribution in [0.2, 0.25) is 0 Å². The van der Waals surface area contributed by atoms with Crippen molar-refractivity contribution in [1.82, 2.24) is 16.0 Å². The van der Waals surface area contributed by atoms with Gasteiger partial charge in [-0.15, -0.1) is 0 Å². The lowest BCUT2D eigenvalue weighted by atomic mass is 10.0. The van der Waals surface area contributed by atoms with Crippen LogP contribution in [0.15, 0.2) is 24.3 Å². The summed E-state index contributed by atoms with van der Waals surface area (Å²) in [5.41, 5.74) is 12.2. The molecule has 0 aliphatic rings. The van der Waals surface area contributed by atoms with E-state index in [0.717, 1.165) is 0 Å². The van der Waals surface area contributed by atoms with Crippen LogP contribution < -0.4 is 27.4 Å². The minimum absolute atomic E-state index is 0.0525. The maximum absolute atomic E-state index is 13.3. The fourth-order valence-corrected chi connectivity index (χ4v) is 3.96. The van der Waals surface area contributed by atoms with Crippen molar-refractivity contribution in [1.29, 1.82) is 0 Å². The van der Waals surface area contributed by atoms with Gasteiger partial charge in [0, 0.05) is 12.2 Å². The molecule has 0 heterocycles. The summed E-state index contributed by atoms with van der Waals surface area (Å²) >= 11 is 5.49. The molecule has 0 spiro atoms. The molecule has 4 atom stereocenters. The van der Waals surface area contributed by atoms with Crippen molar-refractivity contribution < 1.29 is 29.4 Å². The summed E-state index contributed by atoms with van der Waals surface area (Å²) < 4.78 is 0. The quantitative estimate of drug-likeness (QED) is 0.0953. The van der Waals surface area contributed by atoms with Crippen LogP contribution in [0, 0.1) is 0 Å². The number of aliphatic carboxylic acids is 1. The highest BCUT2D eigenvalue weighted by atomic mass is 32.2. The molecule has 0 saturated heterocycles. The Hall–Kier alpha value is -2.48. The third kappa shape index (κ3) is 11.5. The van der Waals surface area contributed by atoms with Gasteiger partial charge in [0.25, 0.3) is 0 Å². The van der Waals surface area contributed by atoms with Crippen molar-refractivity contribution in [3.8, 4) is 5.75 Å². The number of nitrogens with one attached hydrogen (secondary N) is 3. The average molecular weight is 544 g/mol. The number of benzene rings is 1. The molecule has 0 saturated carbocycles. The first-order valence-electron chi connectivity index (χ1n) is 11.6. The molecule has 1 aromatic carbocycles. The lowest BCUT2D eigenvalue weighted by Crippen LogP contribution is -2.57. The molecule has 0 bridgehead atoms. The van der Waals surface area contributed by atoms with E-state index in [4.69, 9.17) is 11.5 Å². The number of phenolic OH excluding ortho intramolecular Hbond substituents is 1. The number of aromatic hydroxyl groups is 1. The Morgan fingerprint density at radius 2 is 1.53 bits per heavy atom. The summed E-state index contributed by atoms with van der Waals surface area (Å²) in [6.45, 7) is 0.393. The van der Waals surface area contributed by atoms with Crippen molar-refractivity contribution in [3.63, 3.8) is 0 Å². The zero-order valence-corrected chi connectivity index (χ0v) is 22.0. The first-order chi connectivity index (χ1) is 17.1. The molecular weight excluding hydrogens is 506 g/mol. The molecule has 1 rings (SSSR count). The van der Waals surface area contributed by atoms with E-state index in [1.807, 2.05) is 6.26 Å². The van der Waals surface area contributed by atoms with Crippen LogP contribution in [-0.4, -0.2) is 82.4 Å². The number of nitrogens with two attached hydrogens (primary N) is 2. The van der Waals surface area contributed by atoms with Crippen molar-refractivity contribution in [2.75, 3.05) is 24.3 Å². The average Bonchev–Trinajstić information content (AvgIpc) is 2.85. The first kappa shape index (κ1) is 31.5. The zero-order chi connectivity index (χ0) is 27.1. The molecule has 1 aromatic rings. The fourth-order valence-electron chi connectivity index (χ4n) is 3.22. The minimum atomic E-state index is -1.25. The SMILES string of the molecule is CSCCC(N)C(=O)NC(Cc1ccc(O)cc1)C(=O)NC(CCCCN)C(=O)NC(CS)C(=O)O. The zero-order valence-electron chi connectivity index (χ0n) is 20.3. The molecule has 3 amide bonds. The number of hydrogen-bond acceptors (Lipinski definition) is 9. The van der Waals surface area contributed by atoms with Crippen LogP contribution >= 0.6 is 24.4 Å². The van der Waals surface area contributed by atoms with Gasteiger partial charge in [0.2, 0.25) is 17.7 Å². The highest BCUT2D eigenvalue weighted by molar-refractivity contribution is 7.98. The number of carboxylic acid groups (broad SMARTS) is 1. The van der Waals surface area contributed by atoms with Gasteiger partial charge in [-0.1, -0.05) is 12.1 Å². The summed E-state index contributed by atoms with van der Waals surface area (Å²) in [5, 5.41) is 26.5. The second-order valence-electron chi connectivity index (χ2n) is 8.25. The van der Waals surface area contributed by atoms with Gasteiger partial charge in [0.05, 0.1) is 6.04 Å². The van der Waals surface area contributed by atoms with Gasteiger partial charge in [0.1, 0.15) is 23.9 Å². The number of carbonyl (C=O) groups is 4. The first-order valence-corrected chi connectivity index (χ1v) is 13.6. The van der Waals surface area contributed by atoms with Crippen molar-refractivity contribution >= 4 is 48.1 Å². The van der Waals surface area contributed by atoms with E-state index < -0.39 is 47.9 Å². The Balaban J connectivity index is 3.08. The van der Waals surface area contributed by atoms with E-state index in [9.17, 15) is 29.4 Å². The van der Waals surface area contributed by atoms with Crippen LogP contribution in [-0.2, 0) is 25.6 Å². The Morgan fingerprint density at radius 1 is 0.944 bits per heavy atom. The number of thioether (sulfide) groups is 1. The van der Waals surface area contributed by atoms with Gasteiger partial charge in [-0.3, -0.25) is 14.4 Å².